The number of hydrogen-bond donors (Lipinski definition) is 0. The number of fused-ring (bicyclic) bond motifs is 3. The summed E-state index contributed by atoms with van der Waals surface area (Å²) >= 11 is 0. The van der Waals surface area contributed by atoms with Crippen LogP contribution in [0.3, 0.4) is 0 Å². The summed E-state index contributed by atoms with van der Waals surface area (Å²) in [4.78, 5) is 0. The Hall–Kier alpha value is -4.59. The third-order valence-corrected chi connectivity index (χ3v) is 19.4. The van der Waals surface area contributed by atoms with Gasteiger partial charge in [0.1, 0.15) is 11.5 Å². The normalized spacial score (nSPS) is 25.7. The van der Waals surface area contributed by atoms with Gasteiger partial charge in [-0.15, -0.1) is 0 Å². The monoisotopic (exact) mass is 995 g/mol. The summed E-state index contributed by atoms with van der Waals surface area (Å²) in [5.41, 5.74) is 9.16. The first kappa shape index (κ1) is 52.8. The SMILES string of the molecule is CC.COc1ccc(-c2ccc3cc(B4OC(C)(C)C(C)(C)O4)ccc3c2)cc1C1(C)CCCCC1.COc1ccc(-c2ccc3cc(B4OC(C)(C)C(C)(C)O4)ccc3c2)cc1C12CC3CCC(CC(C3)C1)C2. The molecule has 0 aromatic heterocycles. The van der Waals surface area contributed by atoms with Gasteiger partial charge in [0.05, 0.1) is 36.6 Å². The molecule has 5 aliphatic carbocycles. The van der Waals surface area contributed by atoms with E-state index in [0.29, 0.717) is 5.41 Å². The highest BCUT2D eigenvalue weighted by Gasteiger charge is 2.53. The van der Waals surface area contributed by atoms with Gasteiger partial charge in [-0.1, -0.05) is 126 Å². The molecule has 13 rings (SSSR count). The van der Waals surface area contributed by atoms with Crippen molar-refractivity contribution >= 4 is 46.7 Å². The second-order valence-electron chi connectivity index (χ2n) is 25.3. The molecule has 6 nitrogen and oxygen atoms in total. The zero-order valence-corrected chi connectivity index (χ0v) is 47.2. The van der Waals surface area contributed by atoms with E-state index < -0.39 is 0 Å². The van der Waals surface area contributed by atoms with Crippen LogP contribution in [-0.4, -0.2) is 50.9 Å². The molecule has 7 aliphatic rings. The highest BCUT2D eigenvalue weighted by molar-refractivity contribution is 6.63. The van der Waals surface area contributed by atoms with Crippen LogP contribution in [0.5, 0.6) is 11.5 Å². The van der Waals surface area contributed by atoms with Gasteiger partial charge in [-0.2, -0.15) is 0 Å². The van der Waals surface area contributed by atoms with Gasteiger partial charge in [-0.25, -0.2) is 0 Å². The van der Waals surface area contributed by atoms with Gasteiger partial charge in [0.25, 0.3) is 0 Å². The second-order valence-corrected chi connectivity index (χ2v) is 25.3. The summed E-state index contributed by atoms with van der Waals surface area (Å²) in [6.07, 6.45) is 16.2. The van der Waals surface area contributed by atoms with Gasteiger partial charge in [-0.05, 0) is 220 Å². The van der Waals surface area contributed by atoms with Crippen molar-refractivity contribution in [1.82, 2.24) is 0 Å². The van der Waals surface area contributed by atoms with E-state index in [4.69, 9.17) is 28.1 Å². The highest BCUT2D eigenvalue weighted by Crippen LogP contribution is 2.60. The number of benzene rings is 6. The zero-order valence-electron chi connectivity index (χ0n) is 47.2. The van der Waals surface area contributed by atoms with Crippen LogP contribution in [0.4, 0.5) is 0 Å². The van der Waals surface area contributed by atoms with E-state index in [1.807, 2.05) is 21.0 Å². The summed E-state index contributed by atoms with van der Waals surface area (Å²) in [5.74, 6) is 4.80. The third kappa shape index (κ3) is 9.89. The Morgan fingerprint density at radius 2 is 0.784 bits per heavy atom. The van der Waals surface area contributed by atoms with E-state index in [2.05, 4.69) is 172 Å². The Kier molecular flexibility index (Phi) is 14.3. The van der Waals surface area contributed by atoms with Gasteiger partial charge in [0.15, 0.2) is 0 Å². The van der Waals surface area contributed by atoms with Gasteiger partial charge >= 0.3 is 14.2 Å². The van der Waals surface area contributed by atoms with Crippen LogP contribution < -0.4 is 20.4 Å². The fourth-order valence-corrected chi connectivity index (χ4v) is 13.9. The van der Waals surface area contributed by atoms with Crippen molar-refractivity contribution in [3.63, 3.8) is 0 Å². The molecule has 2 heterocycles. The molecule has 2 unspecified atom stereocenters. The number of methoxy groups -OCH3 is 2. The predicted octanol–water partition coefficient (Wildman–Crippen LogP) is 15.7. The van der Waals surface area contributed by atoms with Crippen molar-refractivity contribution in [1.29, 1.82) is 0 Å². The van der Waals surface area contributed by atoms with Crippen molar-refractivity contribution in [2.75, 3.05) is 14.2 Å². The largest absolute Gasteiger partial charge is 0.496 e. The maximum absolute atomic E-state index is 6.30. The molecule has 0 spiro atoms. The zero-order chi connectivity index (χ0) is 52.4. The topological polar surface area (TPSA) is 55.4 Å². The molecule has 6 aromatic carbocycles. The predicted molar refractivity (Wildman–Crippen MR) is 310 cm³/mol. The Morgan fingerprint density at radius 1 is 0.419 bits per heavy atom. The van der Waals surface area contributed by atoms with Crippen molar-refractivity contribution in [3.8, 4) is 33.8 Å². The molecule has 8 heteroatoms. The minimum Gasteiger partial charge on any atom is -0.496 e. The van der Waals surface area contributed by atoms with Crippen LogP contribution in [0, 0.1) is 17.8 Å². The molecule has 2 saturated heterocycles. The van der Waals surface area contributed by atoms with Crippen LogP contribution in [-0.2, 0) is 29.4 Å². The van der Waals surface area contributed by atoms with Gasteiger partial charge in [0, 0.05) is 11.1 Å². The van der Waals surface area contributed by atoms with Crippen LogP contribution in [0.2, 0.25) is 0 Å². The minimum absolute atomic E-state index is 0.189. The lowest BCUT2D eigenvalue weighted by Gasteiger charge is -2.49. The number of ether oxygens (including phenoxy) is 2. The quantitative estimate of drug-likeness (QED) is 0.142. The first-order valence-corrected chi connectivity index (χ1v) is 28.4. The van der Waals surface area contributed by atoms with E-state index in [-0.39, 0.29) is 42.1 Å². The maximum Gasteiger partial charge on any atom is 0.494 e. The molecule has 390 valence electrons. The fourth-order valence-electron chi connectivity index (χ4n) is 13.9. The molecule has 5 saturated carbocycles. The first-order valence-electron chi connectivity index (χ1n) is 28.4. The Balaban J connectivity index is 0.000000165. The van der Waals surface area contributed by atoms with Crippen molar-refractivity contribution in [3.05, 3.63) is 120 Å². The summed E-state index contributed by atoms with van der Waals surface area (Å²) in [6.45, 7) is 23.2. The smallest absolute Gasteiger partial charge is 0.494 e. The van der Waals surface area contributed by atoms with Gasteiger partial charge < -0.3 is 28.1 Å². The molecular formula is C66H84B2O6. The van der Waals surface area contributed by atoms with Crippen LogP contribution in [0.25, 0.3) is 43.8 Å². The summed E-state index contributed by atoms with van der Waals surface area (Å²) in [7, 11) is 2.96. The van der Waals surface area contributed by atoms with E-state index in [1.54, 1.807) is 7.11 Å². The lowest BCUT2D eigenvalue weighted by Crippen LogP contribution is -2.41. The van der Waals surface area contributed by atoms with E-state index >= 15 is 0 Å². The molecule has 4 bridgehead atoms. The van der Waals surface area contributed by atoms with Crippen molar-refractivity contribution in [2.24, 2.45) is 17.8 Å². The summed E-state index contributed by atoms with van der Waals surface area (Å²) < 4.78 is 36.9. The lowest BCUT2D eigenvalue weighted by atomic mass is 9.56. The molecular weight excluding hydrogens is 910 g/mol. The maximum atomic E-state index is 6.30. The molecule has 2 aliphatic heterocycles. The lowest BCUT2D eigenvalue weighted by molar-refractivity contribution is 0.00578. The molecule has 7 fully saturated rings. The van der Waals surface area contributed by atoms with Gasteiger partial charge in [0.2, 0.25) is 0 Å². The molecule has 0 amide bonds. The minimum atomic E-state index is -0.338. The summed E-state index contributed by atoms with van der Waals surface area (Å²) in [5, 5.41) is 4.88. The second kappa shape index (κ2) is 20.1. The molecule has 2 atom stereocenters. The Labute approximate surface area is 445 Å². The van der Waals surface area contributed by atoms with Crippen LogP contribution >= 0.6 is 0 Å². The van der Waals surface area contributed by atoms with E-state index in [0.717, 1.165) is 40.2 Å². The Morgan fingerprint density at radius 3 is 1.23 bits per heavy atom. The average Bonchev–Trinajstić information content (AvgIpc) is 3.63. The molecule has 74 heavy (non-hydrogen) atoms. The first-order chi connectivity index (χ1) is 35.3. The van der Waals surface area contributed by atoms with E-state index in [1.165, 1.54) is 132 Å². The van der Waals surface area contributed by atoms with E-state index in [9.17, 15) is 0 Å². The number of hydrogen-bond acceptors (Lipinski definition) is 6. The highest BCUT2D eigenvalue weighted by atomic mass is 16.7. The van der Waals surface area contributed by atoms with Crippen molar-refractivity contribution in [2.45, 2.75) is 186 Å². The molecule has 0 radical (unpaired) electrons. The Bertz CT molecular complexity index is 2950. The average molecular weight is 995 g/mol. The standard InChI is InChI=1S/C34H41BO3.C30H37BO3.C2H6/c1-32(2)33(3,4)38-35(37-32)29-12-10-26-16-25(8-9-27(26)17-29)28-11-13-31(36-5)30(18-28)34-19-22-6-7-23(20-34)15-24(14-22)21-34;1-28(2)29(3,4)34-31(33-28)25-14-12-22-18-21(10-11-23(22)19-25)24-13-15-27(32-6)26(20-24)30(5)16-8-7-9-17-30;1-2/h8-13,16-18,22-24H,6-7,14-15,19-21H2,1-5H3;10-15,18-20H,7-9,16-17H2,1-6H3;1-2H3. The molecule has 0 N–H and O–H groups in total. The summed E-state index contributed by atoms with van der Waals surface area (Å²) in [6, 6.07) is 40.4. The van der Waals surface area contributed by atoms with Crippen LogP contribution in [0.1, 0.15) is 164 Å². The fraction of sp³-hybridized carbons (Fsp3) is 0.515. The van der Waals surface area contributed by atoms with Crippen molar-refractivity contribution < 1.29 is 28.1 Å². The number of rotatable bonds is 8. The third-order valence-electron chi connectivity index (χ3n) is 19.4. The van der Waals surface area contributed by atoms with Gasteiger partial charge in [-0.3, -0.25) is 0 Å². The molecule has 6 aromatic rings. The van der Waals surface area contributed by atoms with Crippen LogP contribution in [0.15, 0.2) is 109 Å².